The number of nitrogens with zero attached hydrogens (tertiary/aromatic N) is 2. The number of carbonyl (C=O) groups is 2. The Morgan fingerprint density at radius 1 is 1.19 bits per heavy atom. The fourth-order valence-electron chi connectivity index (χ4n) is 1.96. The van der Waals surface area contributed by atoms with Crippen LogP contribution in [0, 0.1) is 0 Å². The summed E-state index contributed by atoms with van der Waals surface area (Å²) in [6.07, 6.45) is 1.54. The highest BCUT2D eigenvalue weighted by molar-refractivity contribution is 8.03. The summed E-state index contributed by atoms with van der Waals surface area (Å²) >= 11 is 4.33. The molecular formula is C18H22N4O2S3. The van der Waals surface area contributed by atoms with Crippen molar-refractivity contribution >= 4 is 46.8 Å². The van der Waals surface area contributed by atoms with Crippen LogP contribution in [0.5, 0.6) is 0 Å². The van der Waals surface area contributed by atoms with E-state index in [1.165, 1.54) is 40.3 Å². The van der Waals surface area contributed by atoms with E-state index in [-0.39, 0.29) is 11.7 Å². The molecule has 9 heteroatoms. The third-order valence-electron chi connectivity index (χ3n) is 3.38. The summed E-state index contributed by atoms with van der Waals surface area (Å²) in [7, 11) is 0. The average Bonchev–Trinajstić information content (AvgIpc) is 3.11. The van der Waals surface area contributed by atoms with Gasteiger partial charge in [-0.1, -0.05) is 79.0 Å². The summed E-state index contributed by atoms with van der Waals surface area (Å²) in [6, 6.07) is 8.07. The topological polar surface area (TPSA) is 84.0 Å². The number of aromatic nitrogens is 2. The van der Waals surface area contributed by atoms with E-state index in [2.05, 4.69) is 65.5 Å². The maximum absolute atomic E-state index is 11.7. The summed E-state index contributed by atoms with van der Waals surface area (Å²) in [6.45, 7) is 8.15. The molecule has 0 saturated heterocycles. The Hall–Kier alpha value is -1.84. The Bertz CT molecular complexity index is 775. The minimum Gasteiger partial charge on any atom is -0.334 e. The maximum Gasteiger partial charge on any atom is 0.321 e. The molecule has 2 N–H and O–H groups in total. The van der Waals surface area contributed by atoms with Crippen molar-refractivity contribution in [2.75, 3.05) is 12.3 Å². The van der Waals surface area contributed by atoms with Crippen LogP contribution < -0.4 is 10.6 Å². The third kappa shape index (κ3) is 7.74. The smallest absolute Gasteiger partial charge is 0.321 e. The number of nitrogens with one attached hydrogen (secondary N) is 2. The van der Waals surface area contributed by atoms with Gasteiger partial charge in [-0.2, -0.15) is 0 Å². The van der Waals surface area contributed by atoms with Crippen molar-refractivity contribution < 1.29 is 9.59 Å². The summed E-state index contributed by atoms with van der Waals surface area (Å²) in [5.74, 6) is 1.08. The van der Waals surface area contributed by atoms with E-state index in [0.717, 1.165) is 10.1 Å². The molecule has 1 aromatic carbocycles. The molecule has 0 radical (unpaired) electrons. The fourth-order valence-corrected chi connectivity index (χ4v) is 4.73. The van der Waals surface area contributed by atoms with Gasteiger partial charge in [0.2, 0.25) is 5.91 Å². The number of thioether (sulfide) groups is 2. The zero-order valence-corrected chi connectivity index (χ0v) is 17.7. The van der Waals surface area contributed by atoms with E-state index in [1.807, 2.05) is 0 Å². The van der Waals surface area contributed by atoms with Crippen molar-refractivity contribution in [2.45, 2.75) is 34.2 Å². The number of amides is 3. The quantitative estimate of drug-likeness (QED) is 0.468. The number of hydrogen-bond donors (Lipinski definition) is 2. The van der Waals surface area contributed by atoms with Crippen LogP contribution in [0.3, 0.4) is 0 Å². The van der Waals surface area contributed by atoms with Crippen LogP contribution in [0.1, 0.15) is 30.9 Å². The molecule has 0 aliphatic heterocycles. The Morgan fingerprint density at radius 3 is 2.48 bits per heavy atom. The van der Waals surface area contributed by atoms with Crippen molar-refractivity contribution in [1.29, 1.82) is 0 Å². The van der Waals surface area contributed by atoms with Crippen LogP contribution in [0.2, 0.25) is 0 Å². The number of benzene rings is 1. The predicted octanol–water partition coefficient (Wildman–Crippen LogP) is 4.06. The van der Waals surface area contributed by atoms with Crippen LogP contribution in [0.15, 0.2) is 45.6 Å². The molecule has 0 spiro atoms. The van der Waals surface area contributed by atoms with Crippen molar-refractivity contribution in [3.63, 3.8) is 0 Å². The highest BCUT2D eigenvalue weighted by atomic mass is 32.2. The van der Waals surface area contributed by atoms with Gasteiger partial charge in [0, 0.05) is 12.3 Å². The van der Waals surface area contributed by atoms with Crippen molar-refractivity contribution in [2.24, 2.45) is 0 Å². The van der Waals surface area contributed by atoms with E-state index in [0.29, 0.717) is 16.8 Å². The highest BCUT2D eigenvalue weighted by Gasteiger charge is 2.11. The monoisotopic (exact) mass is 422 g/mol. The predicted molar refractivity (Wildman–Crippen MR) is 112 cm³/mol. The molecular weight excluding hydrogens is 400 g/mol. The summed E-state index contributed by atoms with van der Waals surface area (Å²) < 4.78 is 1.56. The first-order valence-corrected chi connectivity index (χ1v) is 11.1. The summed E-state index contributed by atoms with van der Waals surface area (Å²) in [4.78, 5) is 23.1. The minimum absolute atomic E-state index is 0.109. The lowest BCUT2D eigenvalue weighted by atomic mass is 10.0. The largest absolute Gasteiger partial charge is 0.334 e. The van der Waals surface area contributed by atoms with Gasteiger partial charge in [0.1, 0.15) is 0 Å². The van der Waals surface area contributed by atoms with Crippen molar-refractivity contribution in [3.8, 4) is 0 Å². The van der Waals surface area contributed by atoms with Gasteiger partial charge in [0.15, 0.2) is 8.68 Å². The molecule has 0 fully saturated rings. The van der Waals surface area contributed by atoms with E-state index < -0.39 is 6.03 Å². The fraction of sp³-hybridized carbons (Fsp3) is 0.333. The van der Waals surface area contributed by atoms with Crippen LogP contribution in [-0.2, 0) is 10.5 Å². The number of imide groups is 1. The van der Waals surface area contributed by atoms with Gasteiger partial charge in [-0.25, -0.2) is 4.79 Å². The van der Waals surface area contributed by atoms with Crippen LogP contribution >= 0.6 is 34.9 Å². The second kappa shape index (κ2) is 11.1. The Morgan fingerprint density at radius 2 is 1.85 bits per heavy atom. The first-order valence-electron chi connectivity index (χ1n) is 8.34. The molecule has 2 rings (SSSR count). The first-order chi connectivity index (χ1) is 13.0. The molecule has 3 amide bonds. The van der Waals surface area contributed by atoms with E-state index >= 15 is 0 Å². The zero-order valence-electron chi connectivity index (χ0n) is 15.2. The maximum atomic E-state index is 11.7. The lowest BCUT2D eigenvalue weighted by molar-refractivity contribution is -0.117. The van der Waals surface area contributed by atoms with E-state index in [1.54, 1.807) is 11.8 Å². The van der Waals surface area contributed by atoms with Gasteiger partial charge in [-0.05, 0) is 17.0 Å². The van der Waals surface area contributed by atoms with Gasteiger partial charge >= 0.3 is 6.03 Å². The van der Waals surface area contributed by atoms with Crippen LogP contribution in [0.25, 0.3) is 0 Å². The third-order valence-corrected chi connectivity index (χ3v) is 6.64. The second-order valence-electron chi connectivity index (χ2n) is 5.85. The van der Waals surface area contributed by atoms with Crippen molar-refractivity contribution in [1.82, 2.24) is 20.8 Å². The summed E-state index contributed by atoms with van der Waals surface area (Å²) in [5, 5.41) is 13.0. The Kier molecular flexibility index (Phi) is 8.83. The zero-order chi connectivity index (χ0) is 19.6. The molecule has 6 nitrogen and oxygen atoms in total. The molecule has 0 unspecified atom stereocenters. The van der Waals surface area contributed by atoms with E-state index in [4.69, 9.17) is 0 Å². The average molecular weight is 423 g/mol. The molecule has 0 bridgehead atoms. The molecule has 144 valence electrons. The molecule has 1 aromatic heterocycles. The van der Waals surface area contributed by atoms with Crippen LogP contribution in [0.4, 0.5) is 4.79 Å². The van der Waals surface area contributed by atoms with Gasteiger partial charge in [-0.15, -0.1) is 16.8 Å². The Labute approximate surface area is 171 Å². The first kappa shape index (κ1) is 21.5. The van der Waals surface area contributed by atoms with Gasteiger partial charge in [-0.3, -0.25) is 10.1 Å². The SMILES string of the molecule is C=CCNC(=O)NC(=O)CSc1nnc(SCc2ccc(C(C)C)cc2)s1. The lowest BCUT2D eigenvalue weighted by Crippen LogP contribution is -2.40. The second-order valence-corrected chi connectivity index (χ2v) is 9.28. The van der Waals surface area contributed by atoms with Gasteiger partial charge in [0.25, 0.3) is 0 Å². The van der Waals surface area contributed by atoms with Crippen LogP contribution in [-0.4, -0.2) is 34.4 Å². The molecule has 2 aromatic rings. The highest BCUT2D eigenvalue weighted by Crippen LogP contribution is 2.30. The summed E-state index contributed by atoms with van der Waals surface area (Å²) in [5.41, 5.74) is 2.56. The molecule has 0 aliphatic carbocycles. The van der Waals surface area contributed by atoms with Gasteiger partial charge < -0.3 is 5.32 Å². The number of hydrogen-bond acceptors (Lipinski definition) is 7. The normalized spacial score (nSPS) is 10.6. The minimum atomic E-state index is -0.530. The Balaban J connectivity index is 1.75. The molecule has 0 saturated carbocycles. The van der Waals surface area contributed by atoms with Crippen molar-refractivity contribution in [3.05, 3.63) is 48.0 Å². The van der Waals surface area contributed by atoms with Gasteiger partial charge in [0.05, 0.1) is 5.75 Å². The van der Waals surface area contributed by atoms with E-state index in [9.17, 15) is 9.59 Å². The number of rotatable bonds is 9. The molecule has 27 heavy (non-hydrogen) atoms. The lowest BCUT2D eigenvalue weighted by Gasteiger charge is -2.06. The standard InChI is InChI=1S/C18H22N4O2S3/c1-4-9-19-16(24)20-15(23)11-26-18-22-21-17(27-18)25-10-13-5-7-14(8-6-13)12(2)3/h4-8,12H,1,9-11H2,2-3H3,(H2,19,20,23,24). The number of carbonyl (C=O) groups excluding carboxylic acids is 2. The molecule has 0 aliphatic rings. The molecule has 1 heterocycles. The molecule has 0 atom stereocenters. The number of urea groups is 1.